The van der Waals surface area contributed by atoms with E-state index in [-0.39, 0.29) is 22.9 Å². The van der Waals surface area contributed by atoms with E-state index in [1.54, 1.807) is 42.3 Å². The maximum atomic E-state index is 13.2. The Morgan fingerprint density at radius 2 is 1.89 bits per heavy atom. The highest BCUT2D eigenvalue weighted by molar-refractivity contribution is 7.92. The second-order valence-corrected chi connectivity index (χ2v) is 10.0. The van der Waals surface area contributed by atoms with E-state index in [1.165, 1.54) is 12.1 Å². The van der Waals surface area contributed by atoms with Crippen LogP contribution in [0.1, 0.15) is 30.0 Å². The molecule has 1 N–H and O–H groups in total. The van der Waals surface area contributed by atoms with Gasteiger partial charge in [0.25, 0.3) is 15.9 Å². The number of fused-ring (bicyclic) bond motifs is 1. The zero-order valence-electron chi connectivity index (χ0n) is 20.1. The highest BCUT2D eigenvalue weighted by Gasteiger charge is 2.30. The minimum atomic E-state index is -3.99. The zero-order chi connectivity index (χ0) is 25.7. The van der Waals surface area contributed by atoms with Crippen LogP contribution in [0.3, 0.4) is 0 Å². The number of amides is 1. The molecule has 36 heavy (non-hydrogen) atoms. The summed E-state index contributed by atoms with van der Waals surface area (Å²) in [6, 6.07) is 20.5. The van der Waals surface area contributed by atoms with Gasteiger partial charge in [0.05, 0.1) is 12.7 Å². The van der Waals surface area contributed by atoms with Crippen molar-refractivity contribution in [2.24, 2.45) is 0 Å². The molecule has 1 aliphatic heterocycles. The van der Waals surface area contributed by atoms with Gasteiger partial charge in [-0.1, -0.05) is 37.3 Å². The highest BCUT2D eigenvalue weighted by Crippen LogP contribution is 2.31. The van der Waals surface area contributed by atoms with Crippen LogP contribution in [0.4, 0.5) is 5.69 Å². The molecule has 1 amide bonds. The molecule has 0 aliphatic carbocycles. The lowest BCUT2D eigenvalue weighted by molar-refractivity contribution is -0.138. The molecule has 1 heterocycles. The average molecular weight is 506 g/mol. The van der Waals surface area contributed by atoms with Crippen LogP contribution < -0.4 is 14.2 Å². The Balaban J connectivity index is 1.60. The summed E-state index contributed by atoms with van der Waals surface area (Å²) in [5.74, 6) is 1.18. The van der Waals surface area contributed by atoms with E-state index >= 15 is 0 Å². The van der Waals surface area contributed by atoms with E-state index in [0.29, 0.717) is 36.4 Å². The minimum Gasteiger partial charge on any atom is -0.496 e. The molecule has 3 aromatic carbocycles. The van der Waals surface area contributed by atoms with Crippen LogP contribution in [0, 0.1) is 11.3 Å². The number of ether oxygens (including phenoxy) is 2. The monoisotopic (exact) mass is 505 g/mol. The Hall–Kier alpha value is -4.03. The largest absolute Gasteiger partial charge is 0.496 e. The second kappa shape index (κ2) is 10.7. The molecule has 0 spiro atoms. The van der Waals surface area contributed by atoms with Gasteiger partial charge < -0.3 is 14.4 Å². The van der Waals surface area contributed by atoms with Crippen LogP contribution in [0.2, 0.25) is 0 Å². The van der Waals surface area contributed by atoms with Crippen molar-refractivity contribution in [3.8, 4) is 17.6 Å². The number of nitriles is 1. The first kappa shape index (κ1) is 25.1. The van der Waals surface area contributed by atoms with Gasteiger partial charge in [-0.05, 0) is 54.8 Å². The van der Waals surface area contributed by atoms with Crippen molar-refractivity contribution in [1.29, 1.82) is 5.26 Å². The van der Waals surface area contributed by atoms with E-state index in [9.17, 15) is 18.5 Å². The molecular formula is C27H27N3O5S. The number of anilines is 1. The number of nitrogens with zero attached hydrogens (tertiary/aromatic N) is 2. The first-order chi connectivity index (χ1) is 17.4. The topological polar surface area (TPSA) is 109 Å². The van der Waals surface area contributed by atoms with Crippen LogP contribution >= 0.6 is 0 Å². The Bertz CT molecular complexity index is 1410. The van der Waals surface area contributed by atoms with Crippen molar-refractivity contribution in [1.82, 2.24) is 4.90 Å². The van der Waals surface area contributed by atoms with E-state index < -0.39 is 16.1 Å². The van der Waals surface area contributed by atoms with Crippen molar-refractivity contribution < 1.29 is 22.7 Å². The van der Waals surface area contributed by atoms with Crippen molar-refractivity contribution in [2.75, 3.05) is 18.4 Å². The zero-order valence-corrected chi connectivity index (χ0v) is 20.9. The first-order valence-corrected chi connectivity index (χ1v) is 13.1. The summed E-state index contributed by atoms with van der Waals surface area (Å²) in [6.45, 7) is 2.61. The van der Waals surface area contributed by atoms with E-state index in [0.717, 1.165) is 11.3 Å². The van der Waals surface area contributed by atoms with Gasteiger partial charge in [-0.2, -0.15) is 5.26 Å². The molecule has 0 bridgehead atoms. The summed E-state index contributed by atoms with van der Waals surface area (Å²) < 4.78 is 40.0. The quantitative estimate of drug-likeness (QED) is 0.494. The van der Waals surface area contributed by atoms with E-state index in [1.807, 2.05) is 37.3 Å². The number of rotatable bonds is 8. The van der Waals surface area contributed by atoms with Crippen molar-refractivity contribution in [3.05, 3.63) is 83.4 Å². The van der Waals surface area contributed by atoms with Gasteiger partial charge in [0, 0.05) is 24.3 Å². The fourth-order valence-electron chi connectivity index (χ4n) is 4.19. The van der Waals surface area contributed by atoms with E-state index in [4.69, 9.17) is 9.47 Å². The normalized spacial score (nSPS) is 15.3. The van der Waals surface area contributed by atoms with Gasteiger partial charge in [-0.25, -0.2) is 8.42 Å². The standard InChI is InChI=1S/C27H27N3O5S/c1-3-23-27(31)30(15-14-19-8-4-6-10-24(19)34-2)18-21-16-22(12-13-25(21)35-23)29-36(32,33)26-11-7-5-9-20(26)17-28/h4-13,16,23,29H,3,14-15,18H2,1-2H3. The van der Waals surface area contributed by atoms with E-state index in [2.05, 4.69) is 4.72 Å². The average Bonchev–Trinajstić information content (AvgIpc) is 3.02. The van der Waals surface area contributed by atoms with Gasteiger partial charge in [0.1, 0.15) is 22.5 Å². The van der Waals surface area contributed by atoms with Crippen molar-refractivity contribution >= 4 is 21.6 Å². The van der Waals surface area contributed by atoms with Crippen LogP contribution in [0.25, 0.3) is 0 Å². The number of carbonyl (C=O) groups excluding carboxylic acids is 1. The predicted molar refractivity (Wildman–Crippen MR) is 135 cm³/mol. The van der Waals surface area contributed by atoms with Gasteiger partial charge in [-0.3, -0.25) is 9.52 Å². The van der Waals surface area contributed by atoms with Crippen LogP contribution in [-0.2, 0) is 27.8 Å². The smallest absolute Gasteiger partial charge is 0.263 e. The highest BCUT2D eigenvalue weighted by atomic mass is 32.2. The van der Waals surface area contributed by atoms with Gasteiger partial charge in [0.15, 0.2) is 6.10 Å². The molecule has 186 valence electrons. The molecule has 9 heteroatoms. The number of sulfonamides is 1. The third-order valence-electron chi connectivity index (χ3n) is 6.04. The summed E-state index contributed by atoms with van der Waals surface area (Å²) in [6.07, 6.45) is 0.468. The summed E-state index contributed by atoms with van der Waals surface area (Å²) in [4.78, 5) is 14.9. The molecule has 1 aliphatic rings. The number of nitrogens with one attached hydrogen (secondary N) is 1. The lowest BCUT2D eigenvalue weighted by Gasteiger charge is -2.23. The molecule has 0 radical (unpaired) electrons. The third kappa shape index (κ3) is 5.29. The van der Waals surface area contributed by atoms with Crippen LogP contribution in [0.15, 0.2) is 71.6 Å². The second-order valence-electron chi connectivity index (χ2n) is 8.37. The first-order valence-electron chi connectivity index (χ1n) is 11.6. The van der Waals surface area contributed by atoms with Gasteiger partial charge >= 0.3 is 0 Å². The summed E-state index contributed by atoms with van der Waals surface area (Å²) in [7, 11) is -2.38. The molecular weight excluding hydrogens is 478 g/mol. The fraction of sp³-hybridized carbons (Fsp3) is 0.259. The molecule has 0 fully saturated rings. The van der Waals surface area contributed by atoms with Crippen LogP contribution in [-0.4, -0.2) is 39.0 Å². The summed E-state index contributed by atoms with van der Waals surface area (Å²) in [5.41, 5.74) is 2.05. The van der Waals surface area contributed by atoms with Gasteiger partial charge in [0.2, 0.25) is 0 Å². The maximum Gasteiger partial charge on any atom is 0.263 e. The molecule has 1 atom stereocenters. The Labute approximate surface area is 211 Å². The third-order valence-corrected chi connectivity index (χ3v) is 7.48. The summed E-state index contributed by atoms with van der Waals surface area (Å²) >= 11 is 0. The molecule has 8 nitrogen and oxygen atoms in total. The summed E-state index contributed by atoms with van der Waals surface area (Å²) in [5, 5.41) is 9.30. The fourth-order valence-corrected chi connectivity index (χ4v) is 5.40. The lowest BCUT2D eigenvalue weighted by atomic mass is 10.1. The SMILES string of the molecule is CCC1Oc2ccc(NS(=O)(=O)c3ccccc3C#N)cc2CN(CCc2ccccc2OC)C1=O. The lowest BCUT2D eigenvalue weighted by Crippen LogP contribution is -2.40. The molecule has 1 unspecified atom stereocenters. The number of methoxy groups -OCH3 is 1. The molecule has 3 aromatic rings. The van der Waals surface area contributed by atoms with Crippen molar-refractivity contribution in [3.63, 3.8) is 0 Å². The van der Waals surface area contributed by atoms with Gasteiger partial charge in [-0.15, -0.1) is 0 Å². The molecule has 0 saturated carbocycles. The minimum absolute atomic E-state index is 0.0574. The molecule has 0 aromatic heterocycles. The number of benzene rings is 3. The van der Waals surface area contributed by atoms with Crippen LogP contribution in [0.5, 0.6) is 11.5 Å². The molecule has 0 saturated heterocycles. The number of hydrogen-bond acceptors (Lipinski definition) is 6. The number of hydrogen-bond donors (Lipinski definition) is 1. The molecule has 4 rings (SSSR count). The van der Waals surface area contributed by atoms with Crippen molar-refractivity contribution in [2.45, 2.75) is 37.3 Å². The predicted octanol–water partition coefficient (Wildman–Crippen LogP) is 4.11. The Kier molecular flexibility index (Phi) is 7.46. The Morgan fingerprint density at radius 1 is 1.14 bits per heavy atom. The maximum absolute atomic E-state index is 13.2. The number of carbonyl (C=O) groups is 1. The number of para-hydroxylation sites is 1. The Morgan fingerprint density at radius 3 is 2.64 bits per heavy atom.